The predicted molar refractivity (Wildman–Crippen MR) is 97.0 cm³/mol. The van der Waals surface area contributed by atoms with Gasteiger partial charge in [-0.25, -0.2) is 0 Å². The highest BCUT2D eigenvalue weighted by Gasteiger charge is 2.72. The maximum atomic E-state index is 12.4. The zero-order chi connectivity index (χ0) is 27.0. The van der Waals surface area contributed by atoms with Crippen LogP contribution in [0, 0.1) is 0 Å². The first-order chi connectivity index (χ1) is 15.0. The summed E-state index contributed by atoms with van der Waals surface area (Å²) >= 11 is 2.87. The number of nitrogens with two attached hydrogens (primary N) is 1. The van der Waals surface area contributed by atoms with Crippen LogP contribution in [0.4, 0.5) is 58.4 Å². The minimum atomic E-state index is -5.87. The molecule has 0 bridgehead atoms. The summed E-state index contributed by atoms with van der Waals surface area (Å²) in [6.45, 7) is 0. The molecule has 0 fully saturated rings. The lowest BCUT2D eigenvalue weighted by atomic mass is 9.92. The van der Waals surface area contributed by atoms with Gasteiger partial charge in [-0.15, -0.1) is 0 Å². The van der Waals surface area contributed by atoms with E-state index in [-0.39, 0.29) is 5.69 Å². The van der Waals surface area contributed by atoms with Crippen LogP contribution in [0.2, 0.25) is 0 Å². The third-order valence-corrected chi connectivity index (χ3v) is 4.76. The second-order valence-electron chi connectivity index (χ2n) is 6.54. The third kappa shape index (κ3) is 5.71. The minimum absolute atomic E-state index is 0.0135. The molecule has 0 saturated heterocycles. The van der Waals surface area contributed by atoms with Crippen LogP contribution < -0.4 is 5.73 Å². The van der Waals surface area contributed by atoms with E-state index >= 15 is 0 Å². The molecule has 0 aliphatic rings. The number of hydrogen-bond acceptors (Lipinski definition) is 3. The molecule has 2 aromatic rings. The first-order valence-corrected chi connectivity index (χ1v) is 9.13. The second kappa shape index (κ2) is 9.45. The molecule has 3 nitrogen and oxygen atoms in total. The molecule has 2 rings (SSSR count). The van der Waals surface area contributed by atoms with Gasteiger partial charge in [-0.05, 0) is 24.3 Å². The minimum Gasteiger partial charge on any atom is -0.399 e. The Balaban J connectivity index is 0.000000340. The summed E-state index contributed by atoms with van der Waals surface area (Å²) < 4.78 is 149. The van der Waals surface area contributed by atoms with E-state index in [1.165, 1.54) is 0 Å². The molecule has 2 aromatic carbocycles. The molecule has 0 spiro atoms. The monoisotopic (exact) mass is 581 g/mol. The standard InChI is InChI=1S/C9H5BrF6O.C9H7F6NO/c10-6-3-1-5(2-4-6)7(17,8(11,12)13)9(14,15)16;10-8(11,12)7(17,9(13,14)15)5-1-3-6(16)4-2-5/h1-4,17H;1-4,17H,16H2. The summed E-state index contributed by atoms with van der Waals surface area (Å²) in [5, 5.41) is 17.9. The fraction of sp³-hybridized carbons (Fsp3) is 0.333. The maximum absolute atomic E-state index is 12.4. The molecule has 0 heterocycles. The highest BCUT2D eigenvalue weighted by Crippen LogP contribution is 2.51. The topological polar surface area (TPSA) is 66.5 Å². The molecule has 4 N–H and O–H groups in total. The molecule has 0 atom stereocenters. The number of halogens is 13. The SMILES string of the molecule is Nc1ccc(C(O)(C(F)(F)F)C(F)(F)F)cc1.OC(c1ccc(Br)cc1)(C(F)(F)F)C(F)(F)F. The van der Waals surface area contributed by atoms with E-state index < -0.39 is 47.0 Å². The van der Waals surface area contributed by atoms with Crippen molar-refractivity contribution in [2.75, 3.05) is 5.73 Å². The number of benzene rings is 2. The maximum Gasteiger partial charge on any atom is 0.430 e. The van der Waals surface area contributed by atoms with Crippen LogP contribution in [0.15, 0.2) is 53.0 Å². The van der Waals surface area contributed by atoms with Gasteiger partial charge in [0.25, 0.3) is 11.2 Å². The third-order valence-electron chi connectivity index (χ3n) is 4.23. The zero-order valence-corrected chi connectivity index (χ0v) is 17.6. The first kappa shape index (κ1) is 29.8. The molecule has 0 aliphatic heterocycles. The normalized spacial score (nSPS) is 13.9. The summed E-state index contributed by atoms with van der Waals surface area (Å²) in [5.74, 6) is 0. The van der Waals surface area contributed by atoms with Crippen LogP contribution in [-0.4, -0.2) is 34.9 Å². The number of alkyl halides is 12. The Bertz CT molecular complexity index is 840. The summed E-state index contributed by atoms with van der Waals surface area (Å²) in [5.41, 5.74) is -7.23. The van der Waals surface area contributed by atoms with Gasteiger partial charge in [0.2, 0.25) is 0 Å². The molecule has 0 aliphatic carbocycles. The molecule has 192 valence electrons. The molecule has 0 unspecified atom stereocenters. The highest BCUT2D eigenvalue weighted by molar-refractivity contribution is 9.10. The van der Waals surface area contributed by atoms with Gasteiger partial charge in [-0.2, -0.15) is 52.7 Å². The van der Waals surface area contributed by atoms with Gasteiger partial charge in [-0.1, -0.05) is 40.2 Å². The Morgan fingerprint density at radius 1 is 0.500 bits per heavy atom. The van der Waals surface area contributed by atoms with Crippen molar-refractivity contribution in [1.29, 1.82) is 0 Å². The summed E-state index contributed by atoms with van der Waals surface area (Å²) in [6.07, 6.45) is -23.4. The summed E-state index contributed by atoms with van der Waals surface area (Å²) in [4.78, 5) is 0. The lowest BCUT2D eigenvalue weighted by Gasteiger charge is -2.32. The van der Waals surface area contributed by atoms with Gasteiger partial charge in [0, 0.05) is 21.3 Å². The molecule has 0 amide bonds. The van der Waals surface area contributed by atoms with Gasteiger partial charge in [0.05, 0.1) is 0 Å². The van der Waals surface area contributed by atoms with Crippen molar-refractivity contribution in [2.45, 2.75) is 35.9 Å². The van der Waals surface area contributed by atoms with Crippen molar-refractivity contribution in [3.05, 3.63) is 64.1 Å². The smallest absolute Gasteiger partial charge is 0.399 e. The predicted octanol–water partition coefficient (Wildman–Crippen LogP) is 6.34. The van der Waals surface area contributed by atoms with Crippen LogP contribution >= 0.6 is 15.9 Å². The Morgan fingerprint density at radius 3 is 0.971 bits per heavy atom. The van der Waals surface area contributed by atoms with Crippen LogP contribution in [0.3, 0.4) is 0 Å². The highest BCUT2D eigenvalue weighted by atomic mass is 79.9. The zero-order valence-electron chi connectivity index (χ0n) is 16.0. The molecular weight excluding hydrogens is 570 g/mol. The fourth-order valence-electron chi connectivity index (χ4n) is 2.39. The number of rotatable bonds is 2. The number of anilines is 1. The molecule has 16 heteroatoms. The summed E-state index contributed by atoms with van der Waals surface area (Å²) in [7, 11) is 0. The van der Waals surface area contributed by atoms with Crippen LogP contribution in [0.1, 0.15) is 11.1 Å². The second-order valence-corrected chi connectivity index (χ2v) is 7.46. The lowest BCUT2D eigenvalue weighted by Crippen LogP contribution is -2.53. The van der Waals surface area contributed by atoms with E-state index in [1.54, 1.807) is 0 Å². The van der Waals surface area contributed by atoms with Gasteiger partial charge in [0.1, 0.15) is 0 Å². The van der Waals surface area contributed by atoms with Crippen molar-refractivity contribution >= 4 is 21.6 Å². The van der Waals surface area contributed by atoms with E-state index in [9.17, 15) is 52.7 Å². The van der Waals surface area contributed by atoms with E-state index in [4.69, 9.17) is 15.9 Å². The van der Waals surface area contributed by atoms with Crippen molar-refractivity contribution < 1.29 is 62.9 Å². The van der Waals surface area contributed by atoms with E-state index in [2.05, 4.69) is 15.9 Å². The Morgan fingerprint density at radius 2 is 0.735 bits per heavy atom. The van der Waals surface area contributed by atoms with E-state index in [1.807, 2.05) is 0 Å². The lowest BCUT2D eigenvalue weighted by molar-refractivity contribution is -0.376. The quantitative estimate of drug-likeness (QED) is 0.286. The van der Waals surface area contributed by atoms with Crippen molar-refractivity contribution in [2.24, 2.45) is 0 Å². The average Bonchev–Trinajstić information content (AvgIpc) is 2.65. The fourth-order valence-corrected chi connectivity index (χ4v) is 2.66. The Kier molecular flexibility index (Phi) is 8.29. The van der Waals surface area contributed by atoms with Crippen LogP contribution in [0.5, 0.6) is 0 Å². The van der Waals surface area contributed by atoms with Gasteiger partial charge < -0.3 is 15.9 Å². The molecule has 0 aromatic heterocycles. The molecule has 34 heavy (non-hydrogen) atoms. The largest absolute Gasteiger partial charge is 0.430 e. The van der Waals surface area contributed by atoms with Gasteiger partial charge in [0.15, 0.2) is 0 Å². The van der Waals surface area contributed by atoms with E-state index in [0.717, 1.165) is 24.3 Å². The van der Waals surface area contributed by atoms with E-state index in [0.29, 0.717) is 28.7 Å². The Hall–Kier alpha value is -2.20. The average molecular weight is 582 g/mol. The summed E-state index contributed by atoms with van der Waals surface area (Å²) in [6, 6.07) is 5.74. The molecule has 0 saturated carbocycles. The number of hydrogen-bond donors (Lipinski definition) is 3. The van der Waals surface area contributed by atoms with Gasteiger partial charge >= 0.3 is 24.7 Å². The molecule has 0 radical (unpaired) electrons. The number of aliphatic hydroxyl groups is 2. The van der Waals surface area contributed by atoms with Crippen LogP contribution in [0.25, 0.3) is 0 Å². The van der Waals surface area contributed by atoms with Crippen molar-refractivity contribution in [3.63, 3.8) is 0 Å². The van der Waals surface area contributed by atoms with Crippen molar-refractivity contribution in [1.82, 2.24) is 0 Å². The van der Waals surface area contributed by atoms with Crippen LogP contribution in [-0.2, 0) is 11.2 Å². The first-order valence-electron chi connectivity index (χ1n) is 8.34. The molecular formula is C18H12BrF12NO2. The Labute approximate surface area is 190 Å². The number of nitrogen functional groups attached to an aromatic ring is 1. The van der Waals surface area contributed by atoms with Crippen molar-refractivity contribution in [3.8, 4) is 0 Å². The van der Waals surface area contributed by atoms with Gasteiger partial charge in [-0.3, -0.25) is 0 Å².